The number of furan rings is 1. The molecule has 0 saturated heterocycles. The summed E-state index contributed by atoms with van der Waals surface area (Å²) in [6.45, 7) is 5.52. The molecular weight excluding hydrogens is 317 g/mol. The van der Waals surface area contributed by atoms with Crippen LogP contribution >= 0.6 is 0 Å². The molecule has 0 aliphatic rings. The number of allylic oxidation sites excluding steroid dienone is 1. The first-order valence-corrected chi connectivity index (χ1v) is 7.53. The maximum atomic E-state index is 12.8. The summed E-state index contributed by atoms with van der Waals surface area (Å²) in [5.41, 5.74) is -0.473. The number of nitrogens with zero attached hydrogens (tertiary/aromatic N) is 2. The number of hydrogen-bond donors (Lipinski definition) is 0. The van der Waals surface area contributed by atoms with Crippen molar-refractivity contribution in [2.24, 2.45) is 0 Å². The van der Waals surface area contributed by atoms with Crippen LogP contribution in [-0.2, 0) is 6.18 Å². The Balaban J connectivity index is 2.36. The third kappa shape index (κ3) is 3.99. The molecule has 0 amide bonds. The lowest BCUT2D eigenvalue weighted by atomic mass is 10.0. The second-order valence-electron chi connectivity index (χ2n) is 5.10. The Labute approximate surface area is 138 Å². The Kier molecular flexibility index (Phi) is 5.35. The van der Waals surface area contributed by atoms with E-state index in [2.05, 4.69) is 0 Å². The second kappa shape index (κ2) is 7.26. The molecule has 0 fully saturated rings. The number of alkyl halides is 3. The smallest absolute Gasteiger partial charge is 0.416 e. The first-order valence-electron chi connectivity index (χ1n) is 7.53. The molecule has 0 atom stereocenters. The van der Waals surface area contributed by atoms with Crippen molar-refractivity contribution >= 4 is 17.5 Å². The van der Waals surface area contributed by atoms with E-state index in [9.17, 15) is 18.4 Å². The molecule has 1 heterocycles. The fourth-order valence-electron chi connectivity index (χ4n) is 2.31. The zero-order valence-corrected chi connectivity index (χ0v) is 13.4. The van der Waals surface area contributed by atoms with Gasteiger partial charge in [0.25, 0.3) is 0 Å². The van der Waals surface area contributed by atoms with Gasteiger partial charge in [-0.15, -0.1) is 0 Å². The molecular formula is C18H17F3N2O. The first-order chi connectivity index (χ1) is 11.4. The van der Waals surface area contributed by atoms with Gasteiger partial charge in [0, 0.05) is 19.2 Å². The predicted octanol–water partition coefficient (Wildman–Crippen LogP) is 5.21. The highest BCUT2D eigenvalue weighted by Gasteiger charge is 2.30. The van der Waals surface area contributed by atoms with Gasteiger partial charge in [-0.3, -0.25) is 0 Å². The summed E-state index contributed by atoms with van der Waals surface area (Å²) in [5.74, 6) is 1.08. The number of halogens is 3. The van der Waals surface area contributed by atoms with Gasteiger partial charge < -0.3 is 9.32 Å². The summed E-state index contributed by atoms with van der Waals surface area (Å²) in [7, 11) is 0. The van der Waals surface area contributed by atoms with Gasteiger partial charge in [0.2, 0.25) is 0 Å². The molecule has 126 valence electrons. The average molecular weight is 334 g/mol. The number of nitriles is 1. The van der Waals surface area contributed by atoms with Crippen LogP contribution in [0.25, 0.3) is 11.6 Å². The number of benzene rings is 1. The molecule has 0 unspecified atom stereocenters. The Morgan fingerprint density at radius 3 is 2.50 bits per heavy atom. The van der Waals surface area contributed by atoms with Crippen LogP contribution in [-0.4, -0.2) is 13.1 Å². The van der Waals surface area contributed by atoms with Crippen LogP contribution < -0.4 is 4.90 Å². The van der Waals surface area contributed by atoms with Gasteiger partial charge in [-0.05, 0) is 43.7 Å². The van der Waals surface area contributed by atoms with E-state index < -0.39 is 11.7 Å². The second-order valence-corrected chi connectivity index (χ2v) is 5.10. The standard InChI is InChI=1S/C18H17F3N2O/c1-3-23(4-2)17-9-8-16(24-17)11-14(12-22)13-6-5-7-15(10-13)18(19,20)21/h5-11H,3-4H2,1-2H3/b14-11-. The minimum absolute atomic E-state index is 0.113. The fraction of sp³-hybridized carbons (Fsp3) is 0.278. The third-order valence-electron chi connectivity index (χ3n) is 3.60. The molecule has 0 aliphatic heterocycles. The predicted molar refractivity (Wildman–Crippen MR) is 87.2 cm³/mol. The highest BCUT2D eigenvalue weighted by molar-refractivity contribution is 5.89. The van der Waals surface area contributed by atoms with Gasteiger partial charge in [-0.25, -0.2) is 0 Å². The van der Waals surface area contributed by atoms with Crippen molar-refractivity contribution in [3.05, 3.63) is 53.3 Å². The molecule has 1 aromatic carbocycles. The Morgan fingerprint density at radius 1 is 1.21 bits per heavy atom. The lowest BCUT2D eigenvalue weighted by Gasteiger charge is -2.16. The van der Waals surface area contributed by atoms with Crippen LogP contribution in [0.5, 0.6) is 0 Å². The molecule has 1 aromatic heterocycles. The zero-order chi connectivity index (χ0) is 17.7. The molecule has 0 saturated carbocycles. The molecule has 3 nitrogen and oxygen atoms in total. The zero-order valence-electron chi connectivity index (χ0n) is 13.4. The largest absolute Gasteiger partial charge is 0.441 e. The van der Waals surface area contributed by atoms with E-state index in [0.717, 1.165) is 25.2 Å². The van der Waals surface area contributed by atoms with E-state index in [1.807, 2.05) is 24.8 Å². The minimum atomic E-state index is -4.45. The van der Waals surface area contributed by atoms with Gasteiger partial charge in [0.05, 0.1) is 17.2 Å². The van der Waals surface area contributed by atoms with Crippen molar-refractivity contribution < 1.29 is 17.6 Å². The molecule has 0 spiro atoms. The molecule has 2 rings (SSSR count). The third-order valence-corrected chi connectivity index (χ3v) is 3.60. The van der Waals surface area contributed by atoms with Crippen LogP contribution in [0.4, 0.5) is 19.1 Å². The van der Waals surface area contributed by atoms with Crippen molar-refractivity contribution in [2.45, 2.75) is 20.0 Å². The maximum absolute atomic E-state index is 12.8. The van der Waals surface area contributed by atoms with E-state index in [4.69, 9.17) is 4.42 Å². The van der Waals surface area contributed by atoms with Gasteiger partial charge in [-0.2, -0.15) is 18.4 Å². The van der Waals surface area contributed by atoms with Crippen molar-refractivity contribution in [2.75, 3.05) is 18.0 Å². The Bertz CT molecular complexity index is 765. The maximum Gasteiger partial charge on any atom is 0.416 e. The molecule has 0 N–H and O–H groups in total. The normalized spacial score (nSPS) is 12.1. The minimum Gasteiger partial charge on any atom is -0.441 e. The van der Waals surface area contributed by atoms with Gasteiger partial charge >= 0.3 is 6.18 Å². The SMILES string of the molecule is CCN(CC)c1ccc(/C=C(/C#N)c2cccc(C(F)(F)F)c2)o1. The highest BCUT2D eigenvalue weighted by atomic mass is 19.4. The summed E-state index contributed by atoms with van der Waals surface area (Å²) in [6.07, 6.45) is -3.00. The fourth-order valence-corrected chi connectivity index (χ4v) is 2.31. The Morgan fingerprint density at radius 2 is 1.92 bits per heavy atom. The van der Waals surface area contributed by atoms with E-state index in [1.54, 1.807) is 12.1 Å². The van der Waals surface area contributed by atoms with Gasteiger partial charge in [0.1, 0.15) is 5.76 Å². The number of rotatable bonds is 5. The summed E-state index contributed by atoms with van der Waals surface area (Å²) in [4.78, 5) is 1.99. The van der Waals surface area contributed by atoms with Crippen molar-refractivity contribution in [3.63, 3.8) is 0 Å². The van der Waals surface area contributed by atoms with Gasteiger partial charge in [-0.1, -0.05) is 12.1 Å². The van der Waals surface area contributed by atoms with Crippen LogP contribution in [0.1, 0.15) is 30.7 Å². The van der Waals surface area contributed by atoms with E-state index in [0.29, 0.717) is 11.6 Å². The number of hydrogen-bond acceptors (Lipinski definition) is 3. The monoisotopic (exact) mass is 334 g/mol. The lowest BCUT2D eigenvalue weighted by Crippen LogP contribution is -2.20. The summed E-state index contributed by atoms with van der Waals surface area (Å²) >= 11 is 0. The van der Waals surface area contributed by atoms with Crippen LogP contribution in [0, 0.1) is 11.3 Å². The van der Waals surface area contributed by atoms with E-state index in [-0.39, 0.29) is 11.1 Å². The van der Waals surface area contributed by atoms with Crippen LogP contribution in [0.3, 0.4) is 0 Å². The average Bonchev–Trinajstić information content (AvgIpc) is 3.01. The summed E-state index contributed by atoms with van der Waals surface area (Å²) in [6, 6.07) is 10.1. The molecule has 0 bridgehead atoms. The van der Waals surface area contributed by atoms with Gasteiger partial charge in [0.15, 0.2) is 5.88 Å². The highest BCUT2D eigenvalue weighted by Crippen LogP contribution is 2.31. The van der Waals surface area contributed by atoms with Crippen LogP contribution in [0.15, 0.2) is 40.8 Å². The molecule has 24 heavy (non-hydrogen) atoms. The van der Waals surface area contributed by atoms with E-state index >= 15 is 0 Å². The summed E-state index contributed by atoms with van der Waals surface area (Å²) in [5, 5.41) is 9.29. The molecule has 0 aliphatic carbocycles. The Hall–Kier alpha value is -2.68. The van der Waals surface area contributed by atoms with Crippen molar-refractivity contribution in [1.82, 2.24) is 0 Å². The quantitative estimate of drug-likeness (QED) is 0.705. The lowest BCUT2D eigenvalue weighted by molar-refractivity contribution is -0.137. The van der Waals surface area contributed by atoms with Crippen molar-refractivity contribution in [1.29, 1.82) is 5.26 Å². The number of anilines is 1. The molecule has 2 aromatic rings. The van der Waals surface area contributed by atoms with E-state index in [1.165, 1.54) is 18.2 Å². The molecule has 0 radical (unpaired) electrons. The van der Waals surface area contributed by atoms with Crippen molar-refractivity contribution in [3.8, 4) is 6.07 Å². The topological polar surface area (TPSA) is 40.2 Å². The summed E-state index contributed by atoms with van der Waals surface area (Å²) < 4.78 is 44.1. The van der Waals surface area contributed by atoms with Crippen LogP contribution in [0.2, 0.25) is 0 Å². The molecule has 6 heteroatoms. The first kappa shape index (κ1) is 17.7.